The lowest BCUT2D eigenvalue weighted by Gasteiger charge is -2.52. The zero-order chi connectivity index (χ0) is 7.19. The predicted molar refractivity (Wildman–Crippen MR) is 43.3 cm³/mol. The Kier molecular flexibility index (Phi) is 1.50. The van der Waals surface area contributed by atoms with Gasteiger partial charge in [0, 0.05) is 5.92 Å². The molecule has 0 bridgehead atoms. The first kappa shape index (κ1) is 6.99. The summed E-state index contributed by atoms with van der Waals surface area (Å²) in [5, 5.41) is -0.123. The minimum Gasteiger partial charge on any atom is -0.281 e. The Morgan fingerprint density at radius 2 is 2.10 bits per heavy atom. The lowest BCUT2D eigenvalue weighted by molar-refractivity contribution is -0.121. The molecule has 0 aromatic heterocycles. The Bertz CT molecular complexity index is 168. The van der Waals surface area contributed by atoms with Gasteiger partial charge in [0.1, 0.15) is 0 Å². The summed E-state index contributed by atoms with van der Waals surface area (Å²) in [7, 11) is 0. The van der Waals surface area contributed by atoms with E-state index in [2.05, 4.69) is 0 Å². The molecule has 10 heavy (non-hydrogen) atoms. The van der Waals surface area contributed by atoms with Crippen LogP contribution in [0.4, 0.5) is 0 Å². The Labute approximate surface area is 69.5 Å². The molecule has 1 saturated heterocycles. The minimum absolute atomic E-state index is 0.123. The third-order valence-electron chi connectivity index (χ3n) is 2.50. The van der Waals surface area contributed by atoms with E-state index in [4.69, 9.17) is 11.6 Å². The fourth-order valence-electron chi connectivity index (χ4n) is 1.77. The maximum atomic E-state index is 10.6. The van der Waals surface area contributed by atoms with Gasteiger partial charge in [-0.05, 0) is 41.4 Å². The fraction of sp³-hybridized carbons (Fsp3) is 0.857. The molecule has 56 valence electrons. The van der Waals surface area contributed by atoms with E-state index in [9.17, 15) is 4.79 Å². The van der Waals surface area contributed by atoms with E-state index in [-0.39, 0.29) is 11.2 Å². The maximum Gasteiger partial charge on any atom is 0.224 e. The monoisotopic (exact) mass is 176 g/mol. The molecule has 1 aliphatic carbocycles. The third-order valence-corrected chi connectivity index (χ3v) is 4.44. The van der Waals surface area contributed by atoms with Gasteiger partial charge in [0.2, 0.25) is 5.24 Å². The van der Waals surface area contributed by atoms with Crippen LogP contribution in [0.3, 0.4) is 0 Å². The number of thioether (sulfide) groups is 1. The normalized spacial score (nSPS) is 29.3. The molecule has 2 rings (SSSR count). The Hall–Kier alpha value is 0.310. The van der Waals surface area contributed by atoms with E-state index in [1.165, 1.54) is 11.5 Å². The first-order valence-electron chi connectivity index (χ1n) is 3.49. The molecule has 1 aliphatic heterocycles. The van der Waals surface area contributed by atoms with E-state index in [1.54, 1.807) is 0 Å². The quantitative estimate of drug-likeness (QED) is 0.568. The van der Waals surface area contributed by atoms with E-state index < -0.39 is 0 Å². The van der Waals surface area contributed by atoms with Crippen molar-refractivity contribution >= 4 is 28.6 Å². The number of halogens is 1. The van der Waals surface area contributed by atoms with Crippen molar-refractivity contribution in [3.63, 3.8) is 0 Å². The molecule has 1 nitrogen and oxygen atoms in total. The van der Waals surface area contributed by atoms with Crippen molar-refractivity contribution in [1.82, 2.24) is 0 Å². The maximum absolute atomic E-state index is 10.6. The van der Waals surface area contributed by atoms with E-state index in [0.29, 0.717) is 5.41 Å². The van der Waals surface area contributed by atoms with Gasteiger partial charge < -0.3 is 0 Å². The first-order valence-corrected chi connectivity index (χ1v) is 5.02. The van der Waals surface area contributed by atoms with Crippen LogP contribution in [0.2, 0.25) is 0 Å². The fourth-order valence-corrected chi connectivity index (χ4v) is 3.18. The van der Waals surface area contributed by atoms with Gasteiger partial charge in [-0.25, -0.2) is 0 Å². The van der Waals surface area contributed by atoms with Crippen molar-refractivity contribution in [3.8, 4) is 0 Å². The molecule has 3 heteroatoms. The first-order chi connectivity index (χ1) is 4.72. The summed E-state index contributed by atoms with van der Waals surface area (Å²) < 4.78 is 0. The average molecular weight is 177 g/mol. The molecule has 2 fully saturated rings. The van der Waals surface area contributed by atoms with Crippen LogP contribution in [-0.2, 0) is 4.79 Å². The van der Waals surface area contributed by atoms with Gasteiger partial charge in [-0.15, -0.1) is 0 Å². The average Bonchev–Trinajstić information content (AvgIpc) is 1.54. The topological polar surface area (TPSA) is 17.1 Å². The Morgan fingerprint density at radius 3 is 2.40 bits per heavy atom. The molecule has 1 saturated carbocycles. The minimum atomic E-state index is -0.123. The highest BCUT2D eigenvalue weighted by molar-refractivity contribution is 8.00. The predicted octanol–water partition coefficient (Wildman–Crippen LogP) is 1.90. The van der Waals surface area contributed by atoms with Gasteiger partial charge in [0.15, 0.2) is 0 Å². The van der Waals surface area contributed by atoms with E-state index >= 15 is 0 Å². The molecule has 0 aromatic rings. The largest absolute Gasteiger partial charge is 0.281 e. The summed E-state index contributed by atoms with van der Waals surface area (Å²) in [6, 6.07) is 0. The number of carbonyl (C=O) groups excluding carboxylic acids is 1. The molecule has 0 aromatic carbocycles. The van der Waals surface area contributed by atoms with Crippen LogP contribution in [0.25, 0.3) is 0 Å². The van der Waals surface area contributed by atoms with Gasteiger partial charge in [-0.2, -0.15) is 11.8 Å². The zero-order valence-electron chi connectivity index (χ0n) is 5.60. The molecule has 0 atom stereocenters. The van der Waals surface area contributed by atoms with Crippen molar-refractivity contribution in [2.45, 2.75) is 12.8 Å². The van der Waals surface area contributed by atoms with Crippen LogP contribution < -0.4 is 0 Å². The van der Waals surface area contributed by atoms with Crippen LogP contribution >= 0.6 is 23.4 Å². The van der Waals surface area contributed by atoms with Crippen LogP contribution in [-0.4, -0.2) is 16.7 Å². The van der Waals surface area contributed by atoms with Crippen LogP contribution in [0.1, 0.15) is 12.8 Å². The number of hydrogen-bond acceptors (Lipinski definition) is 2. The molecule has 1 spiro atoms. The summed E-state index contributed by atoms with van der Waals surface area (Å²) in [6.07, 6.45) is 2.12. The lowest BCUT2D eigenvalue weighted by atomic mass is 9.64. The van der Waals surface area contributed by atoms with Crippen molar-refractivity contribution in [3.05, 3.63) is 0 Å². The summed E-state index contributed by atoms with van der Waals surface area (Å²) >= 11 is 7.32. The molecule has 0 amide bonds. The SMILES string of the molecule is O=C(Cl)C1CC2(CSC2)C1. The molecule has 0 radical (unpaired) electrons. The summed E-state index contributed by atoms with van der Waals surface area (Å²) in [5.74, 6) is 2.71. The Morgan fingerprint density at radius 1 is 1.50 bits per heavy atom. The summed E-state index contributed by atoms with van der Waals surface area (Å²) in [6.45, 7) is 0. The van der Waals surface area contributed by atoms with E-state index in [1.807, 2.05) is 11.8 Å². The van der Waals surface area contributed by atoms with Crippen LogP contribution in [0.5, 0.6) is 0 Å². The van der Waals surface area contributed by atoms with Crippen molar-refractivity contribution in [2.24, 2.45) is 11.3 Å². The number of rotatable bonds is 1. The van der Waals surface area contributed by atoms with Gasteiger partial charge in [0.25, 0.3) is 0 Å². The Balaban J connectivity index is 1.88. The second-order valence-electron chi connectivity index (χ2n) is 3.40. The summed E-state index contributed by atoms with van der Waals surface area (Å²) in [5.41, 5.74) is 0.555. The second-order valence-corrected chi connectivity index (χ2v) is 4.76. The van der Waals surface area contributed by atoms with Crippen molar-refractivity contribution in [1.29, 1.82) is 0 Å². The molecular weight excluding hydrogens is 168 g/mol. The van der Waals surface area contributed by atoms with E-state index in [0.717, 1.165) is 12.8 Å². The smallest absolute Gasteiger partial charge is 0.224 e. The molecule has 1 heterocycles. The highest BCUT2D eigenvalue weighted by Crippen LogP contribution is 2.56. The second kappa shape index (κ2) is 2.15. The number of hydrogen-bond donors (Lipinski definition) is 0. The van der Waals surface area contributed by atoms with Crippen molar-refractivity contribution in [2.75, 3.05) is 11.5 Å². The lowest BCUT2D eigenvalue weighted by Crippen LogP contribution is -2.49. The molecular formula is C7H9ClOS. The molecule has 0 N–H and O–H groups in total. The van der Waals surface area contributed by atoms with Crippen LogP contribution in [0.15, 0.2) is 0 Å². The summed E-state index contributed by atoms with van der Waals surface area (Å²) in [4.78, 5) is 10.6. The third kappa shape index (κ3) is 0.892. The van der Waals surface area contributed by atoms with Gasteiger partial charge in [0.05, 0.1) is 0 Å². The standard InChI is InChI=1S/C7H9ClOS/c8-6(9)5-1-7(2-5)3-10-4-7/h5H,1-4H2. The highest BCUT2D eigenvalue weighted by atomic mass is 35.5. The molecule has 2 aliphatic rings. The van der Waals surface area contributed by atoms with Crippen molar-refractivity contribution < 1.29 is 4.79 Å². The van der Waals surface area contributed by atoms with Crippen LogP contribution in [0, 0.1) is 11.3 Å². The highest BCUT2D eigenvalue weighted by Gasteiger charge is 2.50. The molecule has 0 unspecified atom stereocenters. The zero-order valence-corrected chi connectivity index (χ0v) is 7.17. The van der Waals surface area contributed by atoms with Gasteiger partial charge in [-0.1, -0.05) is 0 Å². The number of carbonyl (C=O) groups is 1. The van der Waals surface area contributed by atoms with Gasteiger partial charge in [-0.3, -0.25) is 4.79 Å². The van der Waals surface area contributed by atoms with Gasteiger partial charge >= 0.3 is 0 Å².